The van der Waals surface area contributed by atoms with Crippen molar-refractivity contribution in [3.63, 3.8) is 0 Å². The molecule has 0 bridgehead atoms. The van der Waals surface area contributed by atoms with E-state index in [0.29, 0.717) is 11.8 Å². The maximum absolute atomic E-state index is 4.55. The molecule has 0 spiro atoms. The molecule has 1 N–H and O–H groups in total. The van der Waals surface area contributed by atoms with E-state index in [2.05, 4.69) is 69.2 Å². The first-order chi connectivity index (χ1) is 11.3. The Labute approximate surface area is 165 Å². The predicted octanol–water partition coefficient (Wildman–Crippen LogP) is 3.76. The first kappa shape index (κ1) is 19.3. The van der Waals surface area contributed by atoms with Gasteiger partial charge in [0.2, 0.25) is 0 Å². The monoisotopic (exact) mass is 456 g/mol. The van der Waals surface area contributed by atoms with Crippen molar-refractivity contribution in [1.82, 2.24) is 15.2 Å². The van der Waals surface area contributed by atoms with Crippen LogP contribution in [-0.2, 0) is 6.54 Å². The van der Waals surface area contributed by atoms with E-state index in [1.807, 2.05) is 13.2 Å². The summed E-state index contributed by atoms with van der Waals surface area (Å²) in [6, 6.07) is 10.4. The second-order valence-electron chi connectivity index (χ2n) is 5.73. The van der Waals surface area contributed by atoms with E-state index in [1.54, 1.807) is 0 Å². The Hall–Kier alpha value is -1.02. The molecule has 4 nitrogen and oxygen atoms in total. The molecule has 1 fully saturated rings. The lowest BCUT2D eigenvalue weighted by molar-refractivity contribution is 0.408. The minimum absolute atomic E-state index is 0. The molecule has 24 heavy (non-hydrogen) atoms. The van der Waals surface area contributed by atoms with Crippen LogP contribution < -0.4 is 5.32 Å². The van der Waals surface area contributed by atoms with Crippen LogP contribution in [0.25, 0.3) is 10.8 Å². The number of nitrogens with one attached hydrogen (secondary N) is 1. The van der Waals surface area contributed by atoms with E-state index in [9.17, 15) is 0 Å². The van der Waals surface area contributed by atoms with Gasteiger partial charge in [-0.2, -0.15) is 11.8 Å². The van der Waals surface area contributed by atoms with Crippen molar-refractivity contribution in [2.45, 2.75) is 25.1 Å². The third-order valence-corrected chi connectivity index (χ3v) is 5.65. The van der Waals surface area contributed by atoms with Crippen molar-refractivity contribution >= 4 is 52.5 Å². The Morgan fingerprint density at radius 2 is 2.21 bits per heavy atom. The van der Waals surface area contributed by atoms with E-state index < -0.39 is 0 Å². The van der Waals surface area contributed by atoms with Crippen LogP contribution in [0, 0.1) is 0 Å². The molecule has 1 aromatic heterocycles. The Kier molecular flexibility index (Phi) is 7.61. The van der Waals surface area contributed by atoms with Crippen molar-refractivity contribution in [3.05, 3.63) is 42.2 Å². The minimum Gasteiger partial charge on any atom is -0.351 e. The number of fused-ring (bicyclic) bond motifs is 1. The number of halogens is 1. The lowest BCUT2D eigenvalue weighted by atomic mass is 10.1. The van der Waals surface area contributed by atoms with Gasteiger partial charge in [-0.1, -0.05) is 31.2 Å². The summed E-state index contributed by atoms with van der Waals surface area (Å²) in [4.78, 5) is 11.4. The molecule has 2 aromatic rings. The van der Waals surface area contributed by atoms with Gasteiger partial charge in [0.15, 0.2) is 5.96 Å². The number of thioether (sulfide) groups is 1. The van der Waals surface area contributed by atoms with Gasteiger partial charge < -0.3 is 10.2 Å². The lowest BCUT2D eigenvalue weighted by Crippen LogP contribution is -2.47. The third kappa shape index (κ3) is 4.53. The van der Waals surface area contributed by atoms with Crippen LogP contribution in [0.3, 0.4) is 0 Å². The number of hydrogen-bond acceptors (Lipinski definition) is 3. The van der Waals surface area contributed by atoms with Gasteiger partial charge in [0.05, 0.1) is 12.2 Å². The van der Waals surface area contributed by atoms with Crippen LogP contribution >= 0.6 is 35.7 Å². The summed E-state index contributed by atoms with van der Waals surface area (Å²) in [5.74, 6) is 2.16. The highest BCUT2D eigenvalue weighted by Crippen LogP contribution is 2.21. The van der Waals surface area contributed by atoms with Crippen molar-refractivity contribution < 1.29 is 0 Å². The van der Waals surface area contributed by atoms with Gasteiger partial charge in [-0.05, 0) is 17.9 Å². The Bertz CT molecular complexity index is 686. The lowest BCUT2D eigenvalue weighted by Gasteiger charge is -2.34. The molecule has 1 atom stereocenters. The predicted molar refractivity (Wildman–Crippen MR) is 115 cm³/mol. The smallest absolute Gasteiger partial charge is 0.194 e. The van der Waals surface area contributed by atoms with Crippen LogP contribution in [0.5, 0.6) is 0 Å². The number of aromatic nitrogens is 1. The normalized spacial score (nSPS) is 18.3. The Morgan fingerprint density at radius 1 is 1.38 bits per heavy atom. The molecule has 3 rings (SSSR count). The van der Waals surface area contributed by atoms with E-state index in [1.165, 1.54) is 22.9 Å². The highest BCUT2D eigenvalue weighted by molar-refractivity contribution is 14.0. The average molecular weight is 456 g/mol. The topological polar surface area (TPSA) is 40.5 Å². The number of hydrogen-bond donors (Lipinski definition) is 1. The van der Waals surface area contributed by atoms with Crippen LogP contribution in [0.15, 0.2) is 41.5 Å². The summed E-state index contributed by atoms with van der Waals surface area (Å²) in [7, 11) is 1.86. The zero-order valence-corrected chi connectivity index (χ0v) is 17.4. The van der Waals surface area contributed by atoms with E-state index in [0.717, 1.165) is 24.7 Å². The zero-order valence-electron chi connectivity index (χ0n) is 14.2. The standard InChI is InChI=1S/C18H24N4S.HI/c1-3-15-13-22(10-11-23-15)18(19-2)21-12-17-16-7-5-4-6-14(16)8-9-20-17;/h4-9,15H,3,10-13H2,1-2H3,(H,19,21);1H. The van der Waals surface area contributed by atoms with Gasteiger partial charge in [-0.25, -0.2) is 0 Å². The minimum atomic E-state index is 0. The van der Waals surface area contributed by atoms with Crippen molar-refractivity contribution in [2.24, 2.45) is 4.99 Å². The van der Waals surface area contributed by atoms with Gasteiger partial charge in [0, 0.05) is 42.7 Å². The summed E-state index contributed by atoms with van der Waals surface area (Å²) in [5.41, 5.74) is 1.07. The number of pyridine rings is 1. The Morgan fingerprint density at radius 3 is 3.00 bits per heavy atom. The van der Waals surface area contributed by atoms with Gasteiger partial charge in [-0.15, -0.1) is 24.0 Å². The number of benzene rings is 1. The fourth-order valence-corrected chi connectivity index (χ4v) is 4.16. The SMILES string of the molecule is CCC1CN(C(=NC)NCc2nccc3ccccc23)CCS1.I. The van der Waals surface area contributed by atoms with E-state index >= 15 is 0 Å². The fraction of sp³-hybridized carbons (Fsp3) is 0.444. The van der Waals surface area contributed by atoms with Crippen molar-refractivity contribution in [3.8, 4) is 0 Å². The molecule has 1 aliphatic heterocycles. The molecule has 0 amide bonds. The molecule has 1 saturated heterocycles. The highest BCUT2D eigenvalue weighted by Gasteiger charge is 2.21. The van der Waals surface area contributed by atoms with Crippen LogP contribution in [0.1, 0.15) is 19.0 Å². The summed E-state index contributed by atoms with van der Waals surface area (Å²) >= 11 is 2.07. The second kappa shape index (κ2) is 9.46. The van der Waals surface area contributed by atoms with Gasteiger partial charge in [-0.3, -0.25) is 9.98 Å². The zero-order chi connectivity index (χ0) is 16.1. The Balaban J connectivity index is 0.00000208. The second-order valence-corrected chi connectivity index (χ2v) is 7.13. The summed E-state index contributed by atoms with van der Waals surface area (Å²) in [6.07, 6.45) is 3.09. The first-order valence-electron chi connectivity index (χ1n) is 8.21. The summed E-state index contributed by atoms with van der Waals surface area (Å²) in [6.45, 7) is 5.10. The molecular formula is C18H25IN4S. The number of nitrogens with zero attached hydrogens (tertiary/aromatic N) is 3. The van der Waals surface area contributed by atoms with E-state index in [4.69, 9.17) is 0 Å². The number of guanidine groups is 1. The molecule has 6 heteroatoms. The molecule has 0 saturated carbocycles. The quantitative estimate of drug-likeness (QED) is 0.434. The number of rotatable bonds is 3. The molecule has 2 heterocycles. The van der Waals surface area contributed by atoms with E-state index in [-0.39, 0.29) is 24.0 Å². The third-order valence-electron chi connectivity index (χ3n) is 4.28. The largest absolute Gasteiger partial charge is 0.351 e. The van der Waals surface area contributed by atoms with Gasteiger partial charge in [0.25, 0.3) is 0 Å². The molecule has 1 aromatic carbocycles. The highest BCUT2D eigenvalue weighted by atomic mass is 127. The van der Waals surface area contributed by atoms with Crippen LogP contribution in [-0.4, -0.2) is 47.0 Å². The van der Waals surface area contributed by atoms with Gasteiger partial charge in [0.1, 0.15) is 0 Å². The number of aliphatic imine (C=N–C) groups is 1. The maximum Gasteiger partial charge on any atom is 0.194 e. The summed E-state index contributed by atoms with van der Waals surface area (Å²) < 4.78 is 0. The summed E-state index contributed by atoms with van der Waals surface area (Å²) in [5, 5.41) is 6.64. The first-order valence-corrected chi connectivity index (χ1v) is 9.26. The molecule has 0 aliphatic carbocycles. The molecule has 0 radical (unpaired) electrons. The van der Waals surface area contributed by atoms with Gasteiger partial charge >= 0.3 is 0 Å². The fourth-order valence-electron chi connectivity index (χ4n) is 2.98. The van der Waals surface area contributed by atoms with Crippen LogP contribution in [0.2, 0.25) is 0 Å². The van der Waals surface area contributed by atoms with Crippen molar-refractivity contribution in [1.29, 1.82) is 0 Å². The molecule has 130 valence electrons. The maximum atomic E-state index is 4.55. The van der Waals surface area contributed by atoms with Crippen molar-refractivity contribution in [2.75, 3.05) is 25.9 Å². The molecular weight excluding hydrogens is 431 g/mol. The molecule has 1 unspecified atom stereocenters. The average Bonchev–Trinajstić information content (AvgIpc) is 2.62. The van der Waals surface area contributed by atoms with Crippen LogP contribution in [0.4, 0.5) is 0 Å². The molecule has 1 aliphatic rings.